The first-order chi connectivity index (χ1) is 12.1. The topological polar surface area (TPSA) is 132 Å². The minimum atomic E-state index is -1.08. The van der Waals surface area contributed by atoms with Crippen molar-refractivity contribution in [1.29, 1.82) is 0 Å². The Hall–Kier alpha value is -1.75. The van der Waals surface area contributed by atoms with E-state index in [0.717, 1.165) is 0 Å². The van der Waals surface area contributed by atoms with Gasteiger partial charge < -0.3 is 34.7 Å². The molecule has 0 unspecified atom stereocenters. The van der Waals surface area contributed by atoms with Crippen LogP contribution in [0.15, 0.2) is 0 Å². The van der Waals surface area contributed by atoms with Gasteiger partial charge in [0.05, 0.1) is 52.9 Å². The number of carbonyl (C=O) groups excluding carboxylic acids is 2. The molecular formula is C15H28N2O8. The summed E-state index contributed by atoms with van der Waals surface area (Å²) in [6.45, 7) is 5.01. The van der Waals surface area contributed by atoms with Crippen LogP contribution in [0.2, 0.25) is 0 Å². The lowest BCUT2D eigenvalue weighted by molar-refractivity contribution is -0.141. The largest absolute Gasteiger partial charge is 0.480 e. The van der Waals surface area contributed by atoms with Crippen LogP contribution >= 0.6 is 0 Å². The van der Waals surface area contributed by atoms with E-state index in [4.69, 9.17) is 24.1 Å². The molecule has 0 rings (SSSR count). The molecule has 0 saturated heterocycles. The van der Waals surface area contributed by atoms with Gasteiger partial charge in [-0.2, -0.15) is 0 Å². The van der Waals surface area contributed by atoms with E-state index in [1.165, 1.54) is 6.92 Å². The van der Waals surface area contributed by atoms with Gasteiger partial charge in [-0.05, 0) is 6.92 Å². The number of carbonyl (C=O) groups is 3. The predicted molar refractivity (Wildman–Crippen MR) is 87.2 cm³/mol. The number of rotatable bonds is 18. The van der Waals surface area contributed by atoms with Gasteiger partial charge in [-0.25, -0.2) is 0 Å². The Bertz CT molecular complexity index is 367. The predicted octanol–water partition coefficient (Wildman–Crippen LogP) is -1.22. The van der Waals surface area contributed by atoms with E-state index in [1.54, 1.807) is 0 Å². The van der Waals surface area contributed by atoms with Gasteiger partial charge in [0.1, 0.15) is 6.04 Å². The van der Waals surface area contributed by atoms with Gasteiger partial charge in [0.15, 0.2) is 0 Å². The molecule has 0 aliphatic carbocycles. The average Bonchev–Trinajstić information content (AvgIpc) is 2.58. The maximum absolute atomic E-state index is 11.4. The number of ether oxygens (including phenoxy) is 4. The van der Waals surface area contributed by atoms with Crippen molar-refractivity contribution in [1.82, 2.24) is 10.6 Å². The Balaban J connectivity index is 3.20. The van der Waals surface area contributed by atoms with Crippen molar-refractivity contribution in [3.63, 3.8) is 0 Å². The summed E-state index contributed by atoms with van der Waals surface area (Å²) in [5.41, 5.74) is 0. The third-order valence-corrected chi connectivity index (χ3v) is 2.81. The first-order valence-electron chi connectivity index (χ1n) is 8.08. The van der Waals surface area contributed by atoms with Crippen LogP contribution in [-0.2, 0) is 33.3 Å². The van der Waals surface area contributed by atoms with Crippen molar-refractivity contribution in [2.45, 2.75) is 19.4 Å². The highest BCUT2D eigenvalue weighted by Crippen LogP contribution is 1.88. The zero-order valence-electron chi connectivity index (χ0n) is 14.5. The van der Waals surface area contributed by atoms with Crippen LogP contribution in [-0.4, -0.2) is 88.8 Å². The maximum atomic E-state index is 11.4. The Morgan fingerprint density at radius 3 is 1.88 bits per heavy atom. The lowest BCUT2D eigenvalue weighted by Gasteiger charge is -2.09. The SMILES string of the molecule is C[C@H](NC(=O)CCOCCOCCOCCOCCNC=O)C(=O)O. The summed E-state index contributed by atoms with van der Waals surface area (Å²) in [6, 6.07) is -0.908. The maximum Gasteiger partial charge on any atom is 0.325 e. The van der Waals surface area contributed by atoms with Gasteiger partial charge in [-0.15, -0.1) is 0 Å². The fraction of sp³-hybridized carbons (Fsp3) is 0.800. The zero-order chi connectivity index (χ0) is 18.8. The van der Waals surface area contributed by atoms with Crippen molar-refractivity contribution >= 4 is 18.3 Å². The van der Waals surface area contributed by atoms with Crippen LogP contribution in [0.4, 0.5) is 0 Å². The van der Waals surface area contributed by atoms with E-state index in [0.29, 0.717) is 59.2 Å². The lowest BCUT2D eigenvalue weighted by atomic mass is 10.3. The second kappa shape index (κ2) is 17.1. The Morgan fingerprint density at radius 2 is 1.40 bits per heavy atom. The molecule has 1 atom stereocenters. The molecule has 0 aromatic carbocycles. The summed E-state index contributed by atoms with van der Waals surface area (Å²) < 4.78 is 21.0. The summed E-state index contributed by atoms with van der Waals surface area (Å²) in [5, 5.41) is 13.5. The molecule has 0 spiro atoms. The summed E-state index contributed by atoms with van der Waals surface area (Å²) in [5.74, 6) is -1.44. The fourth-order valence-corrected chi connectivity index (χ4v) is 1.49. The molecule has 0 aliphatic rings. The third-order valence-electron chi connectivity index (χ3n) is 2.81. The number of aliphatic carboxylic acids is 1. The summed E-state index contributed by atoms with van der Waals surface area (Å²) in [7, 11) is 0. The van der Waals surface area contributed by atoms with Gasteiger partial charge in [-0.3, -0.25) is 14.4 Å². The van der Waals surface area contributed by atoms with E-state index in [2.05, 4.69) is 10.6 Å². The molecule has 0 aromatic rings. The molecular weight excluding hydrogens is 336 g/mol. The second-order valence-corrected chi connectivity index (χ2v) is 4.90. The van der Waals surface area contributed by atoms with Gasteiger partial charge in [0.25, 0.3) is 0 Å². The van der Waals surface area contributed by atoms with Crippen molar-refractivity contribution in [2.24, 2.45) is 0 Å². The van der Waals surface area contributed by atoms with Crippen LogP contribution < -0.4 is 10.6 Å². The quantitative estimate of drug-likeness (QED) is 0.204. The van der Waals surface area contributed by atoms with Gasteiger partial charge in [0.2, 0.25) is 12.3 Å². The molecule has 0 radical (unpaired) electrons. The highest BCUT2D eigenvalue weighted by Gasteiger charge is 2.13. The van der Waals surface area contributed by atoms with Gasteiger partial charge in [0, 0.05) is 13.0 Å². The zero-order valence-corrected chi connectivity index (χ0v) is 14.5. The number of carboxylic acid groups (broad SMARTS) is 1. The summed E-state index contributed by atoms with van der Waals surface area (Å²) in [4.78, 5) is 31.9. The van der Waals surface area contributed by atoms with Crippen LogP contribution in [0.25, 0.3) is 0 Å². The lowest BCUT2D eigenvalue weighted by Crippen LogP contribution is -2.38. The van der Waals surface area contributed by atoms with Crippen LogP contribution in [0.3, 0.4) is 0 Å². The van der Waals surface area contributed by atoms with Gasteiger partial charge in [-0.1, -0.05) is 0 Å². The molecule has 0 fully saturated rings. The van der Waals surface area contributed by atoms with E-state index in [1.807, 2.05) is 0 Å². The molecule has 2 amide bonds. The molecule has 3 N–H and O–H groups in total. The first kappa shape index (κ1) is 23.2. The second-order valence-electron chi connectivity index (χ2n) is 4.90. The van der Waals surface area contributed by atoms with Crippen molar-refractivity contribution in [3.05, 3.63) is 0 Å². The Kier molecular flexibility index (Phi) is 15.9. The van der Waals surface area contributed by atoms with Crippen LogP contribution in [0, 0.1) is 0 Å². The number of hydrogen-bond donors (Lipinski definition) is 3. The first-order valence-corrected chi connectivity index (χ1v) is 8.08. The molecule has 146 valence electrons. The van der Waals surface area contributed by atoms with E-state index >= 15 is 0 Å². The fourth-order valence-electron chi connectivity index (χ4n) is 1.49. The molecule has 0 heterocycles. The van der Waals surface area contributed by atoms with Crippen LogP contribution in [0.1, 0.15) is 13.3 Å². The molecule has 0 aromatic heterocycles. The van der Waals surface area contributed by atoms with Crippen molar-refractivity contribution < 1.29 is 38.4 Å². The molecule has 0 bridgehead atoms. The van der Waals surface area contributed by atoms with E-state index in [-0.39, 0.29) is 18.9 Å². The highest BCUT2D eigenvalue weighted by atomic mass is 16.6. The Morgan fingerprint density at radius 1 is 0.920 bits per heavy atom. The third kappa shape index (κ3) is 16.9. The highest BCUT2D eigenvalue weighted by molar-refractivity contribution is 5.83. The molecule has 10 heteroatoms. The average molecular weight is 364 g/mol. The monoisotopic (exact) mass is 364 g/mol. The van der Waals surface area contributed by atoms with Crippen LogP contribution in [0.5, 0.6) is 0 Å². The number of nitrogens with one attached hydrogen (secondary N) is 2. The number of amides is 2. The molecule has 25 heavy (non-hydrogen) atoms. The smallest absolute Gasteiger partial charge is 0.325 e. The minimum Gasteiger partial charge on any atom is -0.480 e. The molecule has 0 aliphatic heterocycles. The molecule has 0 saturated carbocycles. The van der Waals surface area contributed by atoms with E-state index in [9.17, 15) is 14.4 Å². The summed E-state index contributed by atoms with van der Waals surface area (Å²) in [6.07, 6.45) is 0.721. The van der Waals surface area contributed by atoms with Crippen molar-refractivity contribution in [2.75, 3.05) is 59.4 Å². The Labute approximate surface area is 147 Å². The standard InChI is InChI=1S/C15H28N2O8/c1-13(15(20)21)17-14(19)2-4-22-6-8-24-10-11-25-9-7-23-5-3-16-12-18/h12-13H,2-11H2,1H3,(H,16,18)(H,17,19)(H,20,21)/t13-/m0/s1. The molecule has 10 nitrogen and oxygen atoms in total. The minimum absolute atomic E-state index is 0.100. The number of hydrogen-bond acceptors (Lipinski definition) is 7. The van der Waals surface area contributed by atoms with Crippen molar-refractivity contribution in [3.8, 4) is 0 Å². The van der Waals surface area contributed by atoms with Gasteiger partial charge >= 0.3 is 5.97 Å². The normalized spacial score (nSPS) is 11.7. The van der Waals surface area contributed by atoms with E-state index < -0.39 is 12.0 Å². The number of carboxylic acids is 1. The summed E-state index contributed by atoms with van der Waals surface area (Å²) >= 11 is 0.